The number of nitrogen functional groups attached to an aromatic ring is 1. The standard InChI is InChI=1S/C15H22N2O2/c1-2-18-13-5-3-4-11(14(13)16)17-12-8-9-19-15(12)10-6-7-10/h3-5,10,12,15,17H,2,6-9,16H2,1H3. The van der Waals surface area contributed by atoms with Gasteiger partial charge in [0, 0.05) is 6.61 Å². The zero-order valence-corrected chi connectivity index (χ0v) is 11.4. The highest BCUT2D eigenvalue weighted by Gasteiger charge is 2.40. The number of hydrogen-bond acceptors (Lipinski definition) is 4. The van der Waals surface area contributed by atoms with Crippen molar-refractivity contribution in [3.05, 3.63) is 18.2 Å². The molecule has 0 bridgehead atoms. The van der Waals surface area contributed by atoms with Crippen LogP contribution in [0.15, 0.2) is 18.2 Å². The van der Waals surface area contributed by atoms with Crippen LogP contribution in [0.2, 0.25) is 0 Å². The van der Waals surface area contributed by atoms with Crippen molar-refractivity contribution in [3.8, 4) is 5.75 Å². The van der Waals surface area contributed by atoms with Crippen molar-refractivity contribution in [2.24, 2.45) is 5.92 Å². The normalized spacial score (nSPS) is 26.4. The van der Waals surface area contributed by atoms with Crippen LogP contribution in [-0.2, 0) is 4.74 Å². The van der Waals surface area contributed by atoms with Crippen molar-refractivity contribution in [1.82, 2.24) is 0 Å². The smallest absolute Gasteiger partial charge is 0.144 e. The Bertz CT molecular complexity index is 446. The van der Waals surface area contributed by atoms with Crippen LogP contribution in [0.4, 0.5) is 11.4 Å². The molecule has 4 nitrogen and oxygen atoms in total. The van der Waals surface area contributed by atoms with Crippen LogP contribution in [0, 0.1) is 5.92 Å². The predicted octanol–water partition coefficient (Wildman–Crippen LogP) is 2.65. The quantitative estimate of drug-likeness (QED) is 0.801. The second kappa shape index (κ2) is 5.29. The van der Waals surface area contributed by atoms with Gasteiger partial charge in [0.05, 0.1) is 30.1 Å². The number of anilines is 2. The fourth-order valence-electron chi connectivity index (χ4n) is 2.81. The molecule has 3 N–H and O–H groups in total. The second-order valence-electron chi connectivity index (χ2n) is 5.36. The Balaban J connectivity index is 1.73. The first-order valence-electron chi connectivity index (χ1n) is 7.19. The van der Waals surface area contributed by atoms with E-state index in [1.54, 1.807) is 0 Å². The number of nitrogens with two attached hydrogens (primary N) is 1. The Morgan fingerprint density at radius 1 is 1.37 bits per heavy atom. The van der Waals surface area contributed by atoms with Crippen molar-refractivity contribution in [2.45, 2.75) is 38.3 Å². The molecule has 3 rings (SSSR count). The van der Waals surface area contributed by atoms with Gasteiger partial charge in [0.25, 0.3) is 0 Å². The molecule has 2 unspecified atom stereocenters. The Kier molecular flexibility index (Phi) is 3.51. The molecule has 19 heavy (non-hydrogen) atoms. The zero-order chi connectivity index (χ0) is 13.2. The number of hydrogen-bond donors (Lipinski definition) is 2. The molecular weight excluding hydrogens is 240 g/mol. The van der Waals surface area contributed by atoms with Crippen molar-refractivity contribution in [2.75, 3.05) is 24.3 Å². The number of ether oxygens (including phenoxy) is 2. The number of para-hydroxylation sites is 1. The Morgan fingerprint density at radius 2 is 2.21 bits per heavy atom. The lowest BCUT2D eigenvalue weighted by molar-refractivity contribution is 0.0898. The number of rotatable bonds is 5. The van der Waals surface area contributed by atoms with Crippen molar-refractivity contribution < 1.29 is 9.47 Å². The first kappa shape index (κ1) is 12.6. The van der Waals surface area contributed by atoms with Gasteiger partial charge in [-0.05, 0) is 44.2 Å². The van der Waals surface area contributed by atoms with Gasteiger partial charge in [-0.15, -0.1) is 0 Å². The number of nitrogens with one attached hydrogen (secondary N) is 1. The minimum absolute atomic E-state index is 0.357. The minimum atomic E-state index is 0.357. The van der Waals surface area contributed by atoms with Crippen molar-refractivity contribution >= 4 is 11.4 Å². The van der Waals surface area contributed by atoms with E-state index < -0.39 is 0 Å². The van der Waals surface area contributed by atoms with Gasteiger partial charge in [-0.2, -0.15) is 0 Å². The lowest BCUT2D eigenvalue weighted by atomic mass is 10.1. The van der Waals surface area contributed by atoms with Crippen LogP contribution in [-0.4, -0.2) is 25.4 Å². The Morgan fingerprint density at radius 3 is 2.95 bits per heavy atom. The summed E-state index contributed by atoms with van der Waals surface area (Å²) < 4.78 is 11.4. The highest BCUT2D eigenvalue weighted by atomic mass is 16.5. The van der Waals surface area contributed by atoms with Gasteiger partial charge >= 0.3 is 0 Å². The lowest BCUT2D eigenvalue weighted by Crippen LogP contribution is -2.31. The van der Waals surface area contributed by atoms with Gasteiger partial charge in [-0.25, -0.2) is 0 Å². The van der Waals surface area contributed by atoms with E-state index in [0.29, 0.717) is 24.4 Å². The molecule has 2 aliphatic rings. The summed E-state index contributed by atoms with van der Waals surface area (Å²) in [5.41, 5.74) is 7.82. The summed E-state index contributed by atoms with van der Waals surface area (Å²) in [4.78, 5) is 0. The van der Waals surface area contributed by atoms with E-state index in [1.165, 1.54) is 12.8 Å². The molecule has 2 fully saturated rings. The van der Waals surface area contributed by atoms with Crippen molar-refractivity contribution in [1.29, 1.82) is 0 Å². The molecule has 0 spiro atoms. The third kappa shape index (κ3) is 2.63. The predicted molar refractivity (Wildman–Crippen MR) is 76.5 cm³/mol. The molecule has 1 aromatic carbocycles. The molecule has 4 heteroatoms. The first-order valence-corrected chi connectivity index (χ1v) is 7.19. The molecule has 0 radical (unpaired) electrons. The summed E-state index contributed by atoms with van der Waals surface area (Å²) in [5, 5.41) is 3.55. The van der Waals surface area contributed by atoms with Gasteiger partial charge in [0.1, 0.15) is 5.75 Å². The van der Waals surface area contributed by atoms with Crippen LogP contribution >= 0.6 is 0 Å². The summed E-state index contributed by atoms with van der Waals surface area (Å²) in [6, 6.07) is 6.28. The molecule has 1 aliphatic heterocycles. The maximum atomic E-state index is 6.16. The third-order valence-electron chi connectivity index (χ3n) is 3.93. The molecule has 1 aromatic rings. The summed E-state index contributed by atoms with van der Waals surface area (Å²) in [6.45, 7) is 3.45. The van der Waals surface area contributed by atoms with Gasteiger partial charge < -0.3 is 20.5 Å². The zero-order valence-electron chi connectivity index (χ0n) is 11.4. The highest BCUT2D eigenvalue weighted by Crippen LogP contribution is 2.40. The van der Waals surface area contributed by atoms with E-state index in [-0.39, 0.29) is 0 Å². The second-order valence-corrected chi connectivity index (χ2v) is 5.36. The maximum Gasteiger partial charge on any atom is 0.144 e. The van der Waals surface area contributed by atoms with Crippen LogP contribution < -0.4 is 15.8 Å². The van der Waals surface area contributed by atoms with Crippen LogP contribution in [0.3, 0.4) is 0 Å². The van der Waals surface area contributed by atoms with E-state index in [9.17, 15) is 0 Å². The summed E-state index contributed by atoms with van der Waals surface area (Å²) in [5.74, 6) is 1.51. The summed E-state index contributed by atoms with van der Waals surface area (Å²) in [7, 11) is 0. The molecule has 2 atom stereocenters. The largest absolute Gasteiger partial charge is 0.492 e. The molecular formula is C15H22N2O2. The minimum Gasteiger partial charge on any atom is -0.492 e. The van der Waals surface area contributed by atoms with E-state index in [2.05, 4.69) is 5.32 Å². The average molecular weight is 262 g/mol. The fraction of sp³-hybridized carbons (Fsp3) is 0.600. The molecule has 104 valence electrons. The molecule has 1 aliphatic carbocycles. The summed E-state index contributed by atoms with van der Waals surface area (Å²) >= 11 is 0. The highest BCUT2D eigenvalue weighted by molar-refractivity contribution is 5.73. The number of benzene rings is 1. The lowest BCUT2D eigenvalue weighted by Gasteiger charge is -2.22. The average Bonchev–Trinajstić information content (AvgIpc) is 3.15. The van der Waals surface area contributed by atoms with E-state index in [0.717, 1.165) is 30.4 Å². The molecule has 0 amide bonds. The van der Waals surface area contributed by atoms with Crippen LogP contribution in [0.25, 0.3) is 0 Å². The van der Waals surface area contributed by atoms with E-state index >= 15 is 0 Å². The first-order chi connectivity index (χ1) is 9.29. The Hall–Kier alpha value is -1.42. The van der Waals surface area contributed by atoms with Gasteiger partial charge in [-0.3, -0.25) is 0 Å². The van der Waals surface area contributed by atoms with Crippen LogP contribution in [0.1, 0.15) is 26.2 Å². The molecule has 1 saturated carbocycles. The fourth-order valence-corrected chi connectivity index (χ4v) is 2.81. The molecule has 0 aromatic heterocycles. The molecule has 1 heterocycles. The Labute approximate surface area is 114 Å². The van der Waals surface area contributed by atoms with Crippen LogP contribution in [0.5, 0.6) is 5.75 Å². The molecule has 1 saturated heterocycles. The summed E-state index contributed by atoms with van der Waals surface area (Å²) in [6.07, 6.45) is 4.02. The van der Waals surface area contributed by atoms with E-state index in [1.807, 2.05) is 25.1 Å². The SMILES string of the molecule is CCOc1cccc(NC2CCOC2C2CC2)c1N. The van der Waals surface area contributed by atoms with Crippen molar-refractivity contribution in [3.63, 3.8) is 0 Å². The third-order valence-corrected chi connectivity index (χ3v) is 3.93. The maximum absolute atomic E-state index is 6.16. The van der Waals surface area contributed by atoms with Gasteiger partial charge in [0.15, 0.2) is 0 Å². The van der Waals surface area contributed by atoms with E-state index in [4.69, 9.17) is 15.2 Å². The topological polar surface area (TPSA) is 56.5 Å². The monoisotopic (exact) mass is 262 g/mol. The van der Waals surface area contributed by atoms with Gasteiger partial charge in [0.2, 0.25) is 0 Å². The van der Waals surface area contributed by atoms with Gasteiger partial charge in [-0.1, -0.05) is 6.07 Å².